The summed E-state index contributed by atoms with van der Waals surface area (Å²) in [5.41, 5.74) is -0.769. The highest BCUT2D eigenvalue weighted by Crippen LogP contribution is 2.36. The van der Waals surface area contributed by atoms with Gasteiger partial charge in [0.05, 0.1) is 12.0 Å². The van der Waals surface area contributed by atoms with Crippen molar-refractivity contribution in [1.82, 2.24) is 5.32 Å². The predicted molar refractivity (Wildman–Crippen MR) is 87.3 cm³/mol. The molecule has 126 valence electrons. The third-order valence-corrected chi connectivity index (χ3v) is 4.45. The maximum absolute atomic E-state index is 11.9. The van der Waals surface area contributed by atoms with Crippen molar-refractivity contribution in [2.45, 2.75) is 44.9 Å². The summed E-state index contributed by atoms with van der Waals surface area (Å²) in [7, 11) is 0. The zero-order chi connectivity index (χ0) is 16.5. The highest BCUT2D eigenvalue weighted by Gasteiger charge is 2.39. The average Bonchev–Trinajstić information content (AvgIpc) is 2.58. The summed E-state index contributed by atoms with van der Waals surface area (Å²) in [4.78, 5) is 23.4. The number of aliphatic carboxylic acids is 1. The molecule has 0 atom stereocenters. The Morgan fingerprint density at radius 1 is 1.13 bits per heavy atom. The van der Waals surface area contributed by atoms with Gasteiger partial charge in [-0.3, -0.25) is 9.59 Å². The molecule has 1 amide bonds. The minimum atomic E-state index is -0.787. The number of carbonyl (C=O) groups is 2. The molecule has 2 rings (SSSR count). The number of amides is 1. The van der Waals surface area contributed by atoms with Crippen LogP contribution in [0.25, 0.3) is 0 Å². The molecule has 1 aliphatic rings. The quantitative estimate of drug-likeness (QED) is 0.722. The van der Waals surface area contributed by atoms with Crippen molar-refractivity contribution in [2.24, 2.45) is 5.41 Å². The van der Waals surface area contributed by atoms with Crippen molar-refractivity contribution in [3.8, 4) is 5.75 Å². The van der Waals surface area contributed by atoms with Gasteiger partial charge in [-0.25, -0.2) is 0 Å². The molecule has 1 fully saturated rings. The van der Waals surface area contributed by atoms with Crippen LogP contribution in [-0.2, 0) is 9.59 Å². The highest BCUT2D eigenvalue weighted by atomic mass is 16.5. The Labute approximate surface area is 137 Å². The number of carbonyl (C=O) groups excluding carboxylic acids is 1. The van der Waals surface area contributed by atoms with Crippen molar-refractivity contribution in [3.63, 3.8) is 0 Å². The molecule has 0 heterocycles. The second kappa shape index (κ2) is 8.56. The number of carboxylic acids is 1. The molecule has 1 saturated carbocycles. The van der Waals surface area contributed by atoms with Gasteiger partial charge in [-0.15, -0.1) is 0 Å². The second-order valence-electron chi connectivity index (χ2n) is 6.19. The normalized spacial score (nSPS) is 16.5. The van der Waals surface area contributed by atoms with E-state index < -0.39 is 11.4 Å². The number of ether oxygens (including phenoxy) is 1. The van der Waals surface area contributed by atoms with Crippen LogP contribution in [0.5, 0.6) is 5.75 Å². The lowest BCUT2D eigenvalue weighted by atomic mass is 9.74. The lowest BCUT2D eigenvalue weighted by molar-refractivity contribution is -0.151. The molecule has 5 nitrogen and oxygen atoms in total. The molecular formula is C18H25NO4. The Bertz CT molecular complexity index is 509. The molecule has 0 aliphatic heterocycles. The van der Waals surface area contributed by atoms with Crippen LogP contribution in [0.2, 0.25) is 0 Å². The standard InChI is InChI=1S/C18H25NO4/c20-16(10-7-13-23-15-8-3-1-4-9-15)19-14-18(17(21)22)11-5-2-6-12-18/h1,3-4,8-9H,2,5-7,10-14H2,(H,19,20)(H,21,22). The van der Waals surface area contributed by atoms with Crippen LogP contribution >= 0.6 is 0 Å². The summed E-state index contributed by atoms with van der Waals surface area (Å²) >= 11 is 0. The Hall–Kier alpha value is -2.04. The molecular weight excluding hydrogens is 294 g/mol. The summed E-state index contributed by atoms with van der Waals surface area (Å²) in [6.45, 7) is 0.711. The molecule has 1 aromatic rings. The van der Waals surface area contributed by atoms with Crippen molar-refractivity contribution in [2.75, 3.05) is 13.2 Å². The first-order valence-electron chi connectivity index (χ1n) is 8.30. The lowest BCUT2D eigenvalue weighted by Crippen LogP contribution is -2.44. The van der Waals surface area contributed by atoms with Gasteiger partial charge in [-0.1, -0.05) is 37.5 Å². The van der Waals surface area contributed by atoms with Crippen molar-refractivity contribution >= 4 is 11.9 Å². The van der Waals surface area contributed by atoms with E-state index in [4.69, 9.17) is 4.74 Å². The van der Waals surface area contributed by atoms with Crippen LogP contribution in [0.1, 0.15) is 44.9 Å². The minimum Gasteiger partial charge on any atom is -0.494 e. The Morgan fingerprint density at radius 2 is 1.83 bits per heavy atom. The van der Waals surface area contributed by atoms with Gasteiger partial charge in [0.2, 0.25) is 5.91 Å². The first-order chi connectivity index (χ1) is 11.1. The fourth-order valence-electron chi connectivity index (χ4n) is 2.99. The van der Waals surface area contributed by atoms with Crippen molar-refractivity contribution < 1.29 is 19.4 Å². The SMILES string of the molecule is O=C(CCCOc1ccccc1)NCC1(C(=O)O)CCCCC1. The summed E-state index contributed by atoms with van der Waals surface area (Å²) in [6.07, 6.45) is 5.20. The van der Waals surface area contributed by atoms with Gasteiger partial charge in [-0.2, -0.15) is 0 Å². The lowest BCUT2D eigenvalue weighted by Gasteiger charge is -2.33. The van der Waals surface area contributed by atoms with E-state index in [1.165, 1.54) is 0 Å². The van der Waals surface area contributed by atoms with Crippen LogP contribution in [-0.4, -0.2) is 30.1 Å². The second-order valence-corrected chi connectivity index (χ2v) is 6.19. The number of hydrogen-bond acceptors (Lipinski definition) is 3. The summed E-state index contributed by atoms with van der Waals surface area (Å²) in [6, 6.07) is 9.47. The molecule has 0 bridgehead atoms. The Balaban J connectivity index is 1.67. The van der Waals surface area contributed by atoms with E-state index in [-0.39, 0.29) is 12.5 Å². The molecule has 0 saturated heterocycles. The van der Waals surface area contributed by atoms with Crippen molar-refractivity contribution in [3.05, 3.63) is 30.3 Å². The van der Waals surface area contributed by atoms with Gasteiger partial charge in [0.1, 0.15) is 5.75 Å². The molecule has 5 heteroatoms. The van der Waals surface area contributed by atoms with E-state index in [1.54, 1.807) is 0 Å². The van der Waals surface area contributed by atoms with Gasteiger partial charge in [0, 0.05) is 13.0 Å². The smallest absolute Gasteiger partial charge is 0.311 e. The van der Waals surface area contributed by atoms with Crippen LogP contribution in [0, 0.1) is 5.41 Å². The summed E-state index contributed by atoms with van der Waals surface area (Å²) < 4.78 is 5.53. The molecule has 0 aromatic heterocycles. The molecule has 23 heavy (non-hydrogen) atoms. The fourth-order valence-corrected chi connectivity index (χ4v) is 2.99. The number of nitrogens with one attached hydrogen (secondary N) is 1. The average molecular weight is 319 g/mol. The Morgan fingerprint density at radius 3 is 2.48 bits per heavy atom. The summed E-state index contributed by atoms with van der Waals surface area (Å²) in [5, 5.41) is 12.3. The molecule has 1 aromatic carbocycles. The predicted octanol–water partition coefficient (Wildman–Crippen LogP) is 3.00. The van der Waals surface area contributed by atoms with E-state index in [1.807, 2.05) is 30.3 Å². The van der Waals surface area contributed by atoms with Crippen LogP contribution in [0.4, 0.5) is 0 Å². The topological polar surface area (TPSA) is 75.6 Å². The van der Waals surface area contributed by atoms with Gasteiger partial charge in [0.25, 0.3) is 0 Å². The van der Waals surface area contributed by atoms with E-state index in [2.05, 4.69) is 5.32 Å². The summed E-state index contributed by atoms with van der Waals surface area (Å²) in [5.74, 6) is -0.0993. The number of rotatable bonds is 8. The fraction of sp³-hybridized carbons (Fsp3) is 0.556. The molecule has 0 spiro atoms. The molecule has 2 N–H and O–H groups in total. The monoisotopic (exact) mass is 319 g/mol. The third kappa shape index (κ3) is 5.27. The number of para-hydroxylation sites is 1. The zero-order valence-electron chi connectivity index (χ0n) is 13.4. The first kappa shape index (κ1) is 17.3. The molecule has 0 radical (unpaired) electrons. The minimum absolute atomic E-state index is 0.104. The number of hydrogen-bond donors (Lipinski definition) is 2. The first-order valence-corrected chi connectivity index (χ1v) is 8.30. The van der Waals surface area contributed by atoms with Gasteiger partial charge < -0.3 is 15.2 Å². The van der Waals surface area contributed by atoms with Crippen LogP contribution < -0.4 is 10.1 Å². The van der Waals surface area contributed by atoms with Crippen LogP contribution in [0.15, 0.2) is 30.3 Å². The molecule has 1 aliphatic carbocycles. The third-order valence-electron chi connectivity index (χ3n) is 4.45. The van der Waals surface area contributed by atoms with E-state index >= 15 is 0 Å². The van der Waals surface area contributed by atoms with Gasteiger partial charge >= 0.3 is 5.97 Å². The van der Waals surface area contributed by atoms with E-state index in [0.29, 0.717) is 32.3 Å². The van der Waals surface area contributed by atoms with Crippen molar-refractivity contribution in [1.29, 1.82) is 0 Å². The zero-order valence-corrected chi connectivity index (χ0v) is 13.4. The van der Waals surface area contributed by atoms with E-state index in [9.17, 15) is 14.7 Å². The van der Waals surface area contributed by atoms with Gasteiger partial charge in [-0.05, 0) is 31.4 Å². The van der Waals surface area contributed by atoms with E-state index in [0.717, 1.165) is 25.0 Å². The maximum Gasteiger partial charge on any atom is 0.311 e. The van der Waals surface area contributed by atoms with Gasteiger partial charge in [0.15, 0.2) is 0 Å². The highest BCUT2D eigenvalue weighted by molar-refractivity contribution is 5.79. The largest absolute Gasteiger partial charge is 0.494 e. The molecule has 0 unspecified atom stereocenters. The Kier molecular flexibility index (Phi) is 6.44. The number of carboxylic acid groups (broad SMARTS) is 1. The van der Waals surface area contributed by atoms with Crippen LogP contribution in [0.3, 0.4) is 0 Å². The number of benzene rings is 1. The maximum atomic E-state index is 11.9.